The first kappa shape index (κ1) is 9.33. The van der Waals surface area contributed by atoms with Crippen LogP contribution in [0.25, 0.3) is 0 Å². The molecular formula is C9H11ClO2. The van der Waals surface area contributed by atoms with Crippen LogP contribution in [0.15, 0.2) is 24.3 Å². The summed E-state index contributed by atoms with van der Waals surface area (Å²) in [5, 5.41) is 8.84. The Hall–Kier alpha value is -0.760. The second kappa shape index (κ2) is 3.31. The van der Waals surface area contributed by atoms with E-state index in [1.807, 2.05) is 6.92 Å². The first-order valence-electron chi connectivity index (χ1n) is 3.88. The molecule has 2 atom stereocenters. The number of carbonyl (C=O) groups is 1. The predicted molar refractivity (Wildman–Crippen MR) is 48.3 cm³/mol. The van der Waals surface area contributed by atoms with E-state index in [4.69, 9.17) is 16.7 Å². The lowest BCUT2D eigenvalue weighted by Crippen LogP contribution is -2.34. The highest BCUT2D eigenvalue weighted by Crippen LogP contribution is 2.34. The van der Waals surface area contributed by atoms with Crippen LogP contribution >= 0.6 is 11.6 Å². The Bertz CT molecular complexity index is 245. The molecular weight excluding hydrogens is 176 g/mol. The standard InChI is InChI=1S/C9H11ClO2/c1-2-9(10)6-4-3-5-7(9)8(11)12/h3-7H,2H2,1H3,(H,11,12). The van der Waals surface area contributed by atoms with E-state index in [0.717, 1.165) is 0 Å². The number of hydrogen-bond donors (Lipinski definition) is 1. The molecule has 1 aliphatic carbocycles. The van der Waals surface area contributed by atoms with Gasteiger partial charge in [-0.05, 0) is 6.42 Å². The molecule has 1 aliphatic rings. The van der Waals surface area contributed by atoms with Gasteiger partial charge in [-0.3, -0.25) is 4.79 Å². The molecule has 0 amide bonds. The fraction of sp³-hybridized carbons (Fsp3) is 0.444. The molecule has 3 heteroatoms. The van der Waals surface area contributed by atoms with Gasteiger partial charge in [-0.15, -0.1) is 11.6 Å². The molecule has 0 fully saturated rings. The highest BCUT2D eigenvalue weighted by molar-refractivity contribution is 6.27. The lowest BCUT2D eigenvalue weighted by molar-refractivity contribution is -0.140. The van der Waals surface area contributed by atoms with Gasteiger partial charge in [-0.2, -0.15) is 0 Å². The van der Waals surface area contributed by atoms with Gasteiger partial charge in [0.15, 0.2) is 0 Å². The average Bonchev–Trinajstić information content (AvgIpc) is 2.05. The van der Waals surface area contributed by atoms with Gasteiger partial charge in [0.25, 0.3) is 0 Å². The number of hydrogen-bond acceptors (Lipinski definition) is 1. The minimum Gasteiger partial charge on any atom is -0.481 e. The fourth-order valence-electron chi connectivity index (χ4n) is 1.28. The molecule has 0 aromatic rings. The zero-order valence-corrected chi connectivity index (χ0v) is 7.58. The maximum absolute atomic E-state index is 10.8. The third-order valence-electron chi connectivity index (χ3n) is 2.11. The Kier molecular flexibility index (Phi) is 2.58. The van der Waals surface area contributed by atoms with Crippen molar-refractivity contribution in [1.82, 2.24) is 0 Å². The first-order chi connectivity index (χ1) is 5.60. The Labute approximate surface area is 76.5 Å². The number of rotatable bonds is 2. The lowest BCUT2D eigenvalue weighted by Gasteiger charge is -2.28. The molecule has 2 nitrogen and oxygen atoms in total. The zero-order valence-electron chi connectivity index (χ0n) is 6.83. The summed E-state index contributed by atoms with van der Waals surface area (Å²) in [4.78, 5) is 10.0. The maximum Gasteiger partial charge on any atom is 0.312 e. The molecule has 0 heterocycles. The van der Waals surface area contributed by atoms with Crippen LogP contribution in [0.1, 0.15) is 13.3 Å². The smallest absolute Gasteiger partial charge is 0.312 e. The summed E-state index contributed by atoms with van der Waals surface area (Å²) >= 11 is 6.10. The minimum absolute atomic E-state index is 0.603. The van der Waals surface area contributed by atoms with E-state index < -0.39 is 16.8 Å². The van der Waals surface area contributed by atoms with Crippen molar-refractivity contribution in [3.8, 4) is 0 Å². The molecule has 1 rings (SSSR count). The number of carboxylic acids is 1. The summed E-state index contributed by atoms with van der Waals surface area (Å²) in [5.41, 5.74) is 0. The Morgan fingerprint density at radius 1 is 1.67 bits per heavy atom. The molecule has 0 aliphatic heterocycles. The average molecular weight is 187 g/mol. The summed E-state index contributed by atoms with van der Waals surface area (Å²) in [7, 11) is 0. The number of alkyl halides is 1. The van der Waals surface area contributed by atoms with E-state index in [-0.39, 0.29) is 0 Å². The molecule has 0 spiro atoms. The van der Waals surface area contributed by atoms with Gasteiger partial charge >= 0.3 is 5.97 Å². The summed E-state index contributed by atoms with van der Waals surface area (Å²) in [6.07, 6.45) is 7.49. The highest BCUT2D eigenvalue weighted by atomic mass is 35.5. The minimum atomic E-state index is -0.868. The maximum atomic E-state index is 10.8. The SMILES string of the molecule is CCC1(Cl)C=CC=CC1C(=O)O. The Balaban J connectivity index is 2.92. The summed E-state index contributed by atoms with van der Waals surface area (Å²) in [6, 6.07) is 0. The first-order valence-corrected chi connectivity index (χ1v) is 4.25. The number of halogens is 1. The van der Waals surface area contributed by atoms with Crippen molar-refractivity contribution in [1.29, 1.82) is 0 Å². The van der Waals surface area contributed by atoms with E-state index in [1.165, 1.54) is 0 Å². The van der Waals surface area contributed by atoms with E-state index in [1.54, 1.807) is 24.3 Å². The highest BCUT2D eigenvalue weighted by Gasteiger charge is 2.37. The lowest BCUT2D eigenvalue weighted by atomic mass is 9.86. The van der Waals surface area contributed by atoms with Crippen molar-refractivity contribution in [3.05, 3.63) is 24.3 Å². The molecule has 0 aromatic heterocycles. The third kappa shape index (κ3) is 1.53. The normalized spacial score (nSPS) is 33.7. The summed E-state index contributed by atoms with van der Waals surface area (Å²) < 4.78 is 0. The van der Waals surface area contributed by atoms with Crippen molar-refractivity contribution in [2.75, 3.05) is 0 Å². The Morgan fingerprint density at radius 2 is 2.33 bits per heavy atom. The van der Waals surface area contributed by atoms with Crippen molar-refractivity contribution in [2.24, 2.45) is 5.92 Å². The van der Waals surface area contributed by atoms with Gasteiger partial charge in [-0.25, -0.2) is 0 Å². The second-order valence-corrected chi connectivity index (χ2v) is 3.54. The van der Waals surface area contributed by atoms with Crippen LogP contribution in [-0.2, 0) is 4.79 Å². The molecule has 0 radical (unpaired) electrons. The van der Waals surface area contributed by atoms with Crippen molar-refractivity contribution in [2.45, 2.75) is 18.2 Å². The summed E-state index contributed by atoms with van der Waals surface area (Å²) in [6.45, 7) is 1.88. The van der Waals surface area contributed by atoms with Crippen LogP contribution in [-0.4, -0.2) is 16.0 Å². The quantitative estimate of drug-likeness (QED) is 0.672. The van der Waals surface area contributed by atoms with Gasteiger partial charge in [0, 0.05) is 0 Å². The number of allylic oxidation sites excluding steroid dienone is 3. The largest absolute Gasteiger partial charge is 0.481 e. The molecule has 66 valence electrons. The van der Waals surface area contributed by atoms with Crippen LogP contribution in [0.4, 0.5) is 0 Å². The molecule has 1 N–H and O–H groups in total. The molecule has 0 aromatic carbocycles. The van der Waals surface area contributed by atoms with Crippen LogP contribution in [0, 0.1) is 5.92 Å². The van der Waals surface area contributed by atoms with Crippen LogP contribution in [0.2, 0.25) is 0 Å². The Morgan fingerprint density at radius 3 is 2.75 bits per heavy atom. The molecule has 2 unspecified atom stereocenters. The van der Waals surface area contributed by atoms with E-state index in [2.05, 4.69) is 0 Å². The topological polar surface area (TPSA) is 37.3 Å². The van der Waals surface area contributed by atoms with Crippen LogP contribution < -0.4 is 0 Å². The van der Waals surface area contributed by atoms with Crippen molar-refractivity contribution >= 4 is 17.6 Å². The molecule has 0 bridgehead atoms. The van der Waals surface area contributed by atoms with Gasteiger partial charge < -0.3 is 5.11 Å². The predicted octanol–water partition coefficient (Wildman–Crippen LogP) is 2.20. The van der Waals surface area contributed by atoms with E-state index in [9.17, 15) is 4.79 Å². The second-order valence-electron chi connectivity index (χ2n) is 2.84. The van der Waals surface area contributed by atoms with E-state index in [0.29, 0.717) is 6.42 Å². The van der Waals surface area contributed by atoms with Gasteiger partial charge in [0.2, 0.25) is 0 Å². The molecule has 0 saturated carbocycles. The third-order valence-corrected chi connectivity index (χ3v) is 2.74. The van der Waals surface area contributed by atoms with Gasteiger partial charge in [-0.1, -0.05) is 31.2 Å². The van der Waals surface area contributed by atoms with Crippen LogP contribution in [0.3, 0.4) is 0 Å². The summed E-state index contributed by atoms with van der Waals surface area (Å²) in [5.74, 6) is -1.47. The van der Waals surface area contributed by atoms with Crippen molar-refractivity contribution < 1.29 is 9.90 Å². The fourth-order valence-corrected chi connectivity index (χ4v) is 1.52. The van der Waals surface area contributed by atoms with E-state index >= 15 is 0 Å². The molecule has 12 heavy (non-hydrogen) atoms. The number of aliphatic carboxylic acids is 1. The molecule has 0 saturated heterocycles. The van der Waals surface area contributed by atoms with Crippen LogP contribution in [0.5, 0.6) is 0 Å². The van der Waals surface area contributed by atoms with Gasteiger partial charge in [0.05, 0.1) is 10.8 Å². The monoisotopic (exact) mass is 186 g/mol. The van der Waals surface area contributed by atoms with Gasteiger partial charge in [0.1, 0.15) is 0 Å². The van der Waals surface area contributed by atoms with Crippen molar-refractivity contribution in [3.63, 3.8) is 0 Å². The zero-order chi connectivity index (χ0) is 9.19. The number of carboxylic acid groups (broad SMARTS) is 1.